The molecule has 0 amide bonds. The Hall–Kier alpha value is -0.820. The predicted octanol–water partition coefficient (Wildman–Crippen LogP) is 2.51. The van der Waals surface area contributed by atoms with Crippen LogP contribution in [0.25, 0.3) is 0 Å². The third kappa shape index (κ3) is 1.37. The van der Waals surface area contributed by atoms with E-state index in [1.54, 1.807) is 0 Å². The zero-order valence-electron chi connectivity index (χ0n) is 8.65. The van der Waals surface area contributed by atoms with Gasteiger partial charge in [0.05, 0.1) is 0 Å². The van der Waals surface area contributed by atoms with Gasteiger partial charge in [-0.3, -0.25) is 0 Å². The van der Waals surface area contributed by atoms with E-state index in [0.29, 0.717) is 0 Å². The first kappa shape index (κ1) is 8.76. The minimum absolute atomic E-state index is 0.248. The van der Waals surface area contributed by atoms with Crippen LogP contribution in [0.5, 0.6) is 0 Å². The van der Waals surface area contributed by atoms with E-state index in [4.69, 9.17) is 0 Å². The molecular formula is C12H17N. The normalized spacial score (nSPS) is 27.0. The van der Waals surface area contributed by atoms with E-state index in [1.165, 1.54) is 23.1 Å². The molecule has 2 rings (SSSR count). The SMILES string of the molecule is Cc1ccc(C2(C)CCN2)cc1C. The molecule has 1 heteroatoms. The van der Waals surface area contributed by atoms with Crippen molar-refractivity contribution in [1.29, 1.82) is 0 Å². The number of nitrogens with one attached hydrogen (secondary N) is 1. The summed E-state index contributed by atoms with van der Waals surface area (Å²) in [5.74, 6) is 0. The molecule has 0 saturated carbocycles. The molecule has 1 atom stereocenters. The fourth-order valence-electron chi connectivity index (χ4n) is 1.83. The maximum atomic E-state index is 3.48. The van der Waals surface area contributed by atoms with Crippen molar-refractivity contribution in [3.05, 3.63) is 34.9 Å². The Kier molecular flexibility index (Phi) is 1.92. The lowest BCUT2D eigenvalue weighted by Crippen LogP contribution is -2.51. The Morgan fingerprint density at radius 1 is 1.23 bits per heavy atom. The van der Waals surface area contributed by atoms with Gasteiger partial charge in [-0.25, -0.2) is 0 Å². The van der Waals surface area contributed by atoms with E-state index >= 15 is 0 Å². The van der Waals surface area contributed by atoms with Gasteiger partial charge in [0.15, 0.2) is 0 Å². The molecule has 1 nitrogen and oxygen atoms in total. The molecule has 13 heavy (non-hydrogen) atoms. The monoisotopic (exact) mass is 175 g/mol. The van der Waals surface area contributed by atoms with Crippen molar-refractivity contribution < 1.29 is 0 Å². The van der Waals surface area contributed by atoms with Crippen LogP contribution in [0, 0.1) is 13.8 Å². The second-order valence-electron chi connectivity index (χ2n) is 4.31. The van der Waals surface area contributed by atoms with Gasteiger partial charge in [0.1, 0.15) is 0 Å². The fraction of sp³-hybridized carbons (Fsp3) is 0.500. The topological polar surface area (TPSA) is 12.0 Å². The van der Waals surface area contributed by atoms with Crippen molar-refractivity contribution in [2.45, 2.75) is 32.7 Å². The second-order valence-corrected chi connectivity index (χ2v) is 4.31. The Balaban J connectivity index is 2.36. The number of rotatable bonds is 1. The van der Waals surface area contributed by atoms with Gasteiger partial charge in [0, 0.05) is 5.54 Å². The lowest BCUT2D eigenvalue weighted by molar-refractivity contribution is 0.236. The zero-order valence-corrected chi connectivity index (χ0v) is 8.65. The summed E-state index contributed by atoms with van der Waals surface area (Å²) in [7, 11) is 0. The van der Waals surface area contributed by atoms with Crippen LogP contribution in [-0.4, -0.2) is 6.54 Å². The summed E-state index contributed by atoms with van der Waals surface area (Å²) in [6.07, 6.45) is 1.26. The molecule has 0 aromatic heterocycles. The lowest BCUT2D eigenvalue weighted by Gasteiger charge is -2.40. The molecule has 1 aliphatic heterocycles. The molecule has 0 radical (unpaired) electrons. The molecule has 1 heterocycles. The second kappa shape index (κ2) is 2.85. The molecule has 1 aliphatic rings. The molecule has 1 aromatic rings. The summed E-state index contributed by atoms with van der Waals surface area (Å²) < 4.78 is 0. The summed E-state index contributed by atoms with van der Waals surface area (Å²) in [5, 5.41) is 3.48. The summed E-state index contributed by atoms with van der Waals surface area (Å²) in [6, 6.07) is 6.77. The van der Waals surface area contributed by atoms with Crippen molar-refractivity contribution in [2.75, 3.05) is 6.54 Å². The molecular weight excluding hydrogens is 158 g/mol. The van der Waals surface area contributed by atoms with Gasteiger partial charge in [0.25, 0.3) is 0 Å². The summed E-state index contributed by atoms with van der Waals surface area (Å²) in [5.41, 5.74) is 4.46. The van der Waals surface area contributed by atoms with Crippen molar-refractivity contribution in [2.24, 2.45) is 0 Å². The highest BCUT2D eigenvalue weighted by Gasteiger charge is 2.32. The van der Waals surface area contributed by atoms with Crippen molar-refractivity contribution in [3.63, 3.8) is 0 Å². The van der Waals surface area contributed by atoms with E-state index in [1.807, 2.05) is 0 Å². The molecule has 1 fully saturated rings. The Labute approximate surface area is 80.2 Å². The molecule has 70 valence electrons. The largest absolute Gasteiger partial charge is 0.307 e. The van der Waals surface area contributed by atoms with E-state index in [9.17, 15) is 0 Å². The molecule has 0 spiro atoms. The highest BCUT2D eigenvalue weighted by molar-refractivity contribution is 5.35. The van der Waals surface area contributed by atoms with Crippen molar-refractivity contribution in [1.82, 2.24) is 5.32 Å². The first-order chi connectivity index (χ1) is 6.12. The third-order valence-corrected chi connectivity index (χ3v) is 3.28. The molecule has 1 aromatic carbocycles. The van der Waals surface area contributed by atoms with Crippen molar-refractivity contribution >= 4 is 0 Å². The molecule has 0 aliphatic carbocycles. The van der Waals surface area contributed by atoms with Gasteiger partial charge < -0.3 is 5.32 Å². The van der Waals surface area contributed by atoms with Crippen LogP contribution in [-0.2, 0) is 5.54 Å². The first-order valence-electron chi connectivity index (χ1n) is 4.95. The van der Waals surface area contributed by atoms with Crippen LogP contribution < -0.4 is 5.32 Å². The summed E-state index contributed by atoms with van der Waals surface area (Å²) >= 11 is 0. The minimum atomic E-state index is 0.248. The van der Waals surface area contributed by atoms with Gasteiger partial charge in [-0.05, 0) is 50.4 Å². The smallest absolute Gasteiger partial charge is 0.0418 e. The van der Waals surface area contributed by atoms with Crippen LogP contribution in [0.2, 0.25) is 0 Å². The average molecular weight is 175 g/mol. The van der Waals surface area contributed by atoms with Crippen LogP contribution in [0.3, 0.4) is 0 Å². The quantitative estimate of drug-likeness (QED) is 0.691. The van der Waals surface area contributed by atoms with Crippen molar-refractivity contribution in [3.8, 4) is 0 Å². The standard InChI is InChI=1S/C12H17N/c1-9-4-5-11(8-10(9)2)12(3)6-7-13-12/h4-5,8,13H,6-7H2,1-3H3. The van der Waals surface area contributed by atoms with Gasteiger partial charge in [-0.2, -0.15) is 0 Å². The predicted molar refractivity (Wildman–Crippen MR) is 55.9 cm³/mol. The van der Waals surface area contributed by atoms with E-state index in [-0.39, 0.29) is 5.54 Å². The molecule has 1 saturated heterocycles. The number of hydrogen-bond acceptors (Lipinski definition) is 1. The Morgan fingerprint density at radius 2 is 1.92 bits per heavy atom. The average Bonchev–Trinajstić information content (AvgIpc) is 2.06. The van der Waals surface area contributed by atoms with E-state index in [0.717, 1.165) is 6.54 Å². The van der Waals surface area contributed by atoms with Gasteiger partial charge in [0.2, 0.25) is 0 Å². The Bertz CT molecular complexity index is 324. The van der Waals surface area contributed by atoms with Gasteiger partial charge in [-0.15, -0.1) is 0 Å². The highest BCUT2D eigenvalue weighted by atomic mass is 15.0. The summed E-state index contributed by atoms with van der Waals surface area (Å²) in [6.45, 7) is 7.78. The van der Waals surface area contributed by atoms with E-state index in [2.05, 4.69) is 44.3 Å². The van der Waals surface area contributed by atoms with Gasteiger partial charge >= 0.3 is 0 Å². The van der Waals surface area contributed by atoms with Crippen LogP contribution in [0.4, 0.5) is 0 Å². The fourth-order valence-corrected chi connectivity index (χ4v) is 1.83. The maximum Gasteiger partial charge on any atom is 0.0418 e. The summed E-state index contributed by atoms with van der Waals surface area (Å²) in [4.78, 5) is 0. The van der Waals surface area contributed by atoms with Gasteiger partial charge in [-0.1, -0.05) is 18.2 Å². The number of aryl methyl sites for hydroxylation is 2. The Morgan fingerprint density at radius 3 is 2.38 bits per heavy atom. The molecule has 1 N–H and O–H groups in total. The minimum Gasteiger partial charge on any atom is -0.307 e. The third-order valence-electron chi connectivity index (χ3n) is 3.28. The van der Waals surface area contributed by atoms with Crippen LogP contribution in [0.1, 0.15) is 30.0 Å². The highest BCUT2D eigenvalue weighted by Crippen LogP contribution is 2.31. The molecule has 0 bridgehead atoms. The number of benzene rings is 1. The van der Waals surface area contributed by atoms with Crippen LogP contribution in [0.15, 0.2) is 18.2 Å². The molecule has 1 unspecified atom stereocenters. The number of hydrogen-bond donors (Lipinski definition) is 1. The lowest BCUT2D eigenvalue weighted by atomic mass is 9.82. The van der Waals surface area contributed by atoms with Crippen LogP contribution >= 0.6 is 0 Å². The van der Waals surface area contributed by atoms with E-state index < -0.39 is 0 Å². The first-order valence-corrected chi connectivity index (χ1v) is 4.95. The maximum absolute atomic E-state index is 3.48. The zero-order chi connectivity index (χ0) is 9.47.